The van der Waals surface area contributed by atoms with Gasteiger partial charge in [-0.2, -0.15) is 0 Å². The molecule has 0 amide bonds. The van der Waals surface area contributed by atoms with Gasteiger partial charge in [-0.15, -0.1) is 10.2 Å². The molecule has 1 aliphatic heterocycles. The monoisotopic (exact) mass is 326 g/mol. The van der Waals surface area contributed by atoms with E-state index in [0.717, 1.165) is 29.6 Å². The number of likely N-dealkylation sites (tertiary alicyclic amines) is 1. The molecule has 24 heavy (non-hydrogen) atoms. The summed E-state index contributed by atoms with van der Waals surface area (Å²) in [5.74, 6) is 0.147. The van der Waals surface area contributed by atoms with E-state index in [9.17, 15) is 4.79 Å². The highest BCUT2D eigenvalue weighted by Gasteiger charge is 2.19. The molecule has 3 heterocycles. The van der Waals surface area contributed by atoms with Crippen LogP contribution < -0.4 is 0 Å². The Labute approximate surface area is 138 Å². The van der Waals surface area contributed by atoms with Gasteiger partial charge in [-0.05, 0) is 32.0 Å². The number of fused-ring (bicyclic) bond motifs is 1. The van der Waals surface area contributed by atoms with Crippen LogP contribution in [0.15, 0.2) is 34.9 Å². The number of hydrogen-bond acceptors (Lipinski definition) is 5. The van der Waals surface area contributed by atoms with Crippen LogP contribution in [0.4, 0.5) is 0 Å². The van der Waals surface area contributed by atoms with Gasteiger partial charge >= 0.3 is 5.97 Å². The molecule has 0 radical (unpaired) electrons. The lowest BCUT2D eigenvalue weighted by molar-refractivity contribution is -0.137. The molecule has 1 aliphatic rings. The van der Waals surface area contributed by atoms with Crippen molar-refractivity contribution in [1.82, 2.24) is 19.7 Å². The smallest absolute Gasteiger partial charge is 0.323 e. The summed E-state index contributed by atoms with van der Waals surface area (Å²) in [7, 11) is 0. The molecule has 124 valence electrons. The zero-order chi connectivity index (χ0) is 16.5. The quantitative estimate of drug-likeness (QED) is 0.775. The van der Waals surface area contributed by atoms with Crippen LogP contribution in [0.1, 0.15) is 18.7 Å². The van der Waals surface area contributed by atoms with Gasteiger partial charge in [0.05, 0.1) is 12.1 Å². The Morgan fingerprint density at radius 2 is 2.00 bits per heavy atom. The summed E-state index contributed by atoms with van der Waals surface area (Å²) in [5, 5.41) is 18.3. The number of carboxylic acid groups (broad SMARTS) is 1. The number of carbonyl (C=O) groups is 1. The maximum Gasteiger partial charge on any atom is 0.323 e. The van der Waals surface area contributed by atoms with Crippen LogP contribution in [0, 0.1) is 0 Å². The molecule has 0 spiro atoms. The normalized spacial score (nSPS) is 15.3. The van der Waals surface area contributed by atoms with Gasteiger partial charge in [-0.3, -0.25) is 9.69 Å². The first-order valence-corrected chi connectivity index (χ1v) is 8.05. The van der Waals surface area contributed by atoms with Crippen molar-refractivity contribution in [2.75, 3.05) is 13.1 Å². The molecular formula is C17H18N4O3. The predicted molar refractivity (Wildman–Crippen MR) is 87.4 cm³/mol. The van der Waals surface area contributed by atoms with E-state index in [1.54, 1.807) is 10.8 Å². The van der Waals surface area contributed by atoms with E-state index >= 15 is 0 Å². The number of para-hydroxylation sites is 1. The molecule has 2 aromatic heterocycles. The second-order valence-corrected chi connectivity index (χ2v) is 6.07. The van der Waals surface area contributed by atoms with Crippen molar-refractivity contribution < 1.29 is 14.3 Å². The van der Waals surface area contributed by atoms with Crippen LogP contribution in [0.25, 0.3) is 22.4 Å². The Balaban J connectivity index is 1.68. The molecule has 7 nitrogen and oxygen atoms in total. The molecule has 1 N–H and O–H groups in total. The fraction of sp³-hybridized carbons (Fsp3) is 0.353. The number of nitrogens with zero attached hydrogens (tertiary/aromatic N) is 4. The van der Waals surface area contributed by atoms with Crippen LogP contribution in [-0.2, 0) is 17.9 Å². The van der Waals surface area contributed by atoms with Gasteiger partial charge in [0.1, 0.15) is 6.54 Å². The van der Waals surface area contributed by atoms with Crippen molar-refractivity contribution in [2.24, 2.45) is 0 Å². The number of benzene rings is 1. The molecule has 1 saturated heterocycles. The van der Waals surface area contributed by atoms with Crippen LogP contribution in [0.3, 0.4) is 0 Å². The summed E-state index contributed by atoms with van der Waals surface area (Å²) in [6.45, 7) is 2.70. The number of hydrogen-bond donors (Lipinski definition) is 1. The second-order valence-electron chi connectivity index (χ2n) is 6.07. The van der Waals surface area contributed by atoms with Crippen molar-refractivity contribution in [1.29, 1.82) is 0 Å². The van der Waals surface area contributed by atoms with Gasteiger partial charge in [0.2, 0.25) is 11.8 Å². The fourth-order valence-corrected chi connectivity index (χ4v) is 3.25. The van der Waals surface area contributed by atoms with E-state index < -0.39 is 5.97 Å². The van der Waals surface area contributed by atoms with Crippen molar-refractivity contribution in [3.8, 4) is 11.5 Å². The van der Waals surface area contributed by atoms with Crippen molar-refractivity contribution in [3.63, 3.8) is 0 Å². The Morgan fingerprint density at radius 1 is 1.21 bits per heavy atom. The zero-order valence-electron chi connectivity index (χ0n) is 13.2. The van der Waals surface area contributed by atoms with Crippen LogP contribution in [-0.4, -0.2) is 43.8 Å². The van der Waals surface area contributed by atoms with Crippen molar-refractivity contribution >= 4 is 16.9 Å². The molecule has 0 aliphatic carbocycles. The molecule has 0 saturated carbocycles. The van der Waals surface area contributed by atoms with Gasteiger partial charge in [-0.25, -0.2) is 0 Å². The van der Waals surface area contributed by atoms with E-state index in [1.807, 2.05) is 24.3 Å². The zero-order valence-corrected chi connectivity index (χ0v) is 13.2. The summed E-state index contributed by atoms with van der Waals surface area (Å²) in [6, 6.07) is 7.63. The molecule has 0 unspecified atom stereocenters. The minimum Gasteiger partial charge on any atom is -0.480 e. The summed E-state index contributed by atoms with van der Waals surface area (Å²) in [5.41, 5.74) is 1.61. The standard InChI is InChI=1S/C17H18N4O3/c22-16(23)11-21-9-13(12-5-1-2-6-14(12)21)17-19-18-15(24-17)10-20-7-3-4-8-20/h1-2,5-6,9H,3-4,7-8,10-11H2,(H,22,23). The van der Waals surface area contributed by atoms with E-state index in [2.05, 4.69) is 15.1 Å². The number of rotatable bonds is 5. The third-order valence-corrected chi connectivity index (χ3v) is 4.35. The van der Waals surface area contributed by atoms with Gasteiger partial charge in [0.15, 0.2) is 0 Å². The first-order chi connectivity index (χ1) is 11.7. The van der Waals surface area contributed by atoms with Crippen molar-refractivity contribution in [3.05, 3.63) is 36.4 Å². The lowest BCUT2D eigenvalue weighted by Crippen LogP contribution is -2.18. The largest absolute Gasteiger partial charge is 0.480 e. The maximum atomic E-state index is 11.1. The minimum absolute atomic E-state index is 0.102. The average molecular weight is 326 g/mol. The Kier molecular flexibility index (Phi) is 3.78. The molecule has 3 aromatic rings. The fourth-order valence-electron chi connectivity index (χ4n) is 3.25. The highest BCUT2D eigenvalue weighted by Crippen LogP contribution is 2.30. The lowest BCUT2D eigenvalue weighted by Gasteiger charge is -2.10. The molecule has 7 heteroatoms. The highest BCUT2D eigenvalue weighted by molar-refractivity contribution is 5.94. The molecule has 1 fully saturated rings. The van der Waals surface area contributed by atoms with Crippen LogP contribution in [0.5, 0.6) is 0 Å². The highest BCUT2D eigenvalue weighted by atomic mass is 16.4. The number of aromatic nitrogens is 3. The topological polar surface area (TPSA) is 84.4 Å². The minimum atomic E-state index is -0.887. The summed E-state index contributed by atoms with van der Waals surface area (Å²) in [4.78, 5) is 13.4. The van der Waals surface area contributed by atoms with Crippen molar-refractivity contribution in [2.45, 2.75) is 25.9 Å². The predicted octanol–water partition coefficient (Wildman–Crippen LogP) is 2.37. The molecule has 1 aromatic carbocycles. The van der Waals surface area contributed by atoms with Gasteiger partial charge in [0, 0.05) is 17.1 Å². The molecule has 0 bridgehead atoms. The average Bonchev–Trinajstić information content (AvgIpc) is 3.28. The van der Waals surface area contributed by atoms with Crippen LogP contribution >= 0.6 is 0 Å². The Bertz CT molecular complexity index is 877. The van der Waals surface area contributed by atoms with E-state index in [-0.39, 0.29) is 6.54 Å². The lowest BCUT2D eigenvalue weighted by atomic mass is 10.2. The maximum absolute atomic E-state index is 11.1. The first kappa shape index (κ1) is 14.9. The third kappa shape index (κ3) is 2.78. The summed E-state index contributed by atoms with van der Waals surface area (Å²) >= 11 is 0. The molecule has 0 atom stereocenters. The summed E-state index contributed by atoms with van der Waals surface area (Å²) < 4.78 is 7.53. The summed E-state index contributed by atoms with van der Waals surface area (Å²) in [6.07, 6.45) is 4.19. The first-order valence-electron chi connectivity index (χ1n) is 8.05. The molecule has 4 rings (SSSR count). The van der Waals surface area contributed by atoms with Gasteiger partial charge < -0.3 is 14.1 Å². The van der Waals surface area contributed by atoms with Gasteiger partial charge in [-0.1, -0.05) is 18.2 Å². The second kappa shape index (κ2) is 6.09. The molecular weight excluding hydrogens is 308 g/mol. The Morgan fingerprint density at radius 3 is 2.79 bits per heavy atom. The SMILES string of the molecule is O=C(O)Cn1cc(-c2nnc(CN3CCCC3)o2)c2ccccc21. The third-order valence-electron chi connectivity index (χ3n) is 4.35. The van der Waals surface area contributed by atoms with E-state index in [0.29, 0.717) is 18.3 Å². The van der Waals surface area contributed by atoms with Crippen LogP contribution in [0.2, 0.25) is 0 Å². The van der Waals surface area contributed by atoms with E-state index in [4.69, 9.17) is 9.52 Å². The van der Waals surface area contributed by atoms with E-state index in [1.165, 1.54) is 12.8 Å². The number of aliphatic carboxylic acids is 1. The number of carboxylic acids is 1. The van der Waals surface area contributed by atoms with Gasteiger partial charge in [0.25, 0.3) is 0 Å². The Hall–Kier alpha value is -2.67.